The Morgan fingerprint density at radius 3 is 2.75 bits per heavy atom. The smallest absolute Gasteiger partial charge is 0.0829 e. The lowest BCUT2D eigenvalue weighted by Gasteiger charge is -2.24. The van der Waals surface area contributed by atoms with Crippen LogP contribution in [0.4, 0.5) is 0 Å². The van der Waals surface area contributed by atoms with Gasteiger partial charge in [0.1, 0.15) is 0 Å². The zero-order valence-corrected chi connectivity index (χ0v) is 11.5. The lowest BCUT2D eigenvalue weighted by molar-refractivity contribution is 0.0436. The van der Waals surface area contributed by atoms with Crippen molar-refractivity contribution in [1.82, 2.24) is 10.2 Å². The maximum absolute atomic E-state index is 10.5. The molecule has 0 saturated carbocycles. The summed E-state index contributed by atoms with van der Waals surface area (Å²) in [7, 11) is 0. The molecule has 1 saturated heterocycles. The van der Waals surface area contributed by atoms with Crippen molar-refractivity contribution < 1.29 is 9.84 Å². The van der Waals surface area contributed by atoms with Crippen LogP contribution in [-0.4, -0.2) is 28.5 Å². The monoisotopic (exact) mass is 272 g/mol. The van der Waals surface area contributed by atoms with Gasteiger partial charge in [0.25, 0.3) is 0 Å². The average molecular weight is 272 g/mol. The largest absolute Gasteiger partial charge is 0.388 e. The van der Waals surface area contributed by atoms with Gasteiger partial charge in [-0.2, -0.15) is 5.10 Å². The van der Waals surface area contributed by atoms with Gasteiger partial charge in [-0.25, -0.2) is 0 Å². The van der Waals surface area contributed by atoms with E-state index in [1.54, 1.807) is 6.20 Å². The van der Waals surface area contributed by atoms with Gasteiger partial charge in [0, 0.05) is 18.8 Å². The Kier molecular flexibility index (Phi) is 4.14. The summed E-state index contributed by atoms with van der Waals surface area (Å²) in [5.74, 6) is 0.539. The number of hydrogen-bond acceptors (Lipinski definition) is 3. The molecule has 0 radical (unpaired) electrons. The molecule has 3 rings (SSSR count). The molecule has 106 valence electrons. The van der Waals surface area contributed by atoms with Gasteiger partial charge in [0.15, 0.2) is 0 Å². The van der Waals surface area contributed by atoms with Crippen LogP contribution in [0, 0.1) is 5.92 Å². The molecule has 0 bridgehead atoms. The number of aliphatic hydroxyl groups is 1. The minimum Gasteiger partial charge on any atom is -0.388 e. The first-order chi connectivity index (χ1) is 9.84. The number of hydrogen-bond donors (Lipinski definition) is 2. The molecule has 1 aromatic carbocycles. The van der Waals surface area contributed by atoms with Gasteiger partial charge in [-0.05, 0) is 30.7 Å². The van der Waals surface area contributed by atoms with Crippen LogP contribution >= 0.6 is 0 Å². The van der Waals surface area contributed by atoms with Crippen LogP contribution < -0.4 is 0 Å². The van der Waals surface area contributed by atoms with E-state index in [0.717, 1.165) is 49.3 Å². The van der Waals surface area contributed by atoms with Crippen LogP contribution in [0.1, 0.15) is 30.9 Å². The van der Waals surface area contributed by atoms with Crippen LogP contribution in [0.3, 0.4) is 0 Å². The Labute approximate surface area is 118 Å². The maximum atomic E-state index is 10.5. The SMILES string of the molecule is OC(CC1CCOCC1)c1cn[nH]c1-c1ccccc1. The summed E-state index contributed by atoms with van der Waals surface area (Å²) in [6.07, 6.45) is 4.13. The fourth-order valence-electron chi connectivity index (χ4n) is 2.81. The second-order valence-corrected chi connectivity index (χ2v) is 5.37. The highest BCUT2D eigenvalue weighted by atomic mass is 16.5. The van der Waals surface area contributed by atoms with Crippen LogP contribution in [0.2, 0.25) is 0 Å². The number of nitrogens with zero attached hydrogens (tertiary/aromatic N) is 1. The highest BCUT2D eigenvalue weighted by Crippen LogP contribution is 2.32. The molecule has 1 unspecified atom stereocenters. The summed E-state index contributed by atoms with van der Waals surface area (Å²) in [6, 6.07) is 10.0. The summed E-state index contributed by atoms with van der Waals surface area (Å²) in [4.78, 5) is 0. The zero-order chi connectivity index (χ0) is 13.8. The number of H-pyrrole nitrogens is 1. The Morgan fingerprint density at radius 2 is 2.00 bits per heavy atom. The molecule has 0 amide bonds. The van der Waals surface area contributed by atoms with Gasteiger partial charge in [-0.3, -0.25) is 5.10 Å². The van der Waals surface area contributed by atoms with Crippen LogP contribution in [0.25, 0.3) is 11.3 Å². The Morgan fingerprint density at radius 1 is 1.25 bits per heavy atom. The van der Waals surface area contributed by atoms with Crippen LogP contribution in [-0.2, 0) is 4.74 Å². The molecule has 2 aromatic rings. The molecule has 1 aromatic heterocycles. The Bertz CT molecular complexity index is 532. The van der Waals surface area contributed by atoms with Crippen molar-refractivity contribution in [2.24, 2.45) is 5.92 Å². The topological polar surface area (TPSA) is 58.1 Å². The van der Waals surface area contributed by atoms with Crippen LogP contribution in [0.5, 0.6) is 0 Å². The summed E-state index contributed by atoms with van der Waals surface area (Å²) in [5.41, 5.74) is 2.87. The molecular formula is C16H20N2O2. The third-order valence-corrected chi connectivity index (χ3v) is 3.99. The fraction of sp³-hybridized carbons (Fsp3) is 0.438. The zero-order valence-electron chi connectivity index (χ0n) is 11.5. The lowest BCUT2D eigenvalue weighted by Crippen LogP contribution is -2.18. The number of rotatable bonds is 4. The summed E-state index contributed by atoms with van der Waals surface area (Å²) in [5, 5.41) is 17.6. The molecule has 4 heteroatoms. The first-order valence-corrected chi connectivity index (χ1v) is 7.19. The van der Waals surface area contributed by atoms with Gasteiger partial charge >= 0.3 is 0 Å². The Balaban J connectivity index is 1.75. The fourth-order valence-corrected chi connectivity index (χ4v) is 2.81. The van der Waals surface area contributed by atoms with Gasteiger partial charge in [0.2, 0.25) is 0 Å². The van der Waals surface area contributed by atoms with Crippen molar-refractivity contribution >= 4 is 0 Å². The summed E-state index contributed by atoms with van der Waals surface area (Å²) < 4.78 is 5.36. The third kappa shape index (κ3) is 2.92. The Hall–Kier alpha value is -1.65. The van der Waals surface area contributed by atoms with Gasteiger partial charge < -0.3 is 9.84 Å². The van der Waals surface area contributed by atoms with Crippen molar-refractivity contribution in [2.45, 2.75) is 25.4 Å². The normalized spacial score (nSPS) is 18.1. The van der Waals surface area contributed by atoms with Crippen molar-refractivity contribution in [3.05, 3.63) is 42.1 Å². The highest BCUT2D eigenvalue weighted by molar-refractivity contribution is 5.62. The summed E-state index contributed by atoms with van der Waals surface area (Å²) in [6.45, 7) is 1.63. The highest BCUT2D eigenvalue weighted by Gasteiger charge is 2.22. The minimum absolute atomic E-state index is 0.466. The van der Waals surface area contributed by atoms with E-state index in [0.29, 0.717) is 5.92 Å². The number of aliphatic hydroxyl groups excluding tert-OH is 1. The molecule has 1 atom stereocenters. The van der Waals surface area contributed by atoms with Crippen molar-refractivity contribution in [3.63, 3.8) is 0 Å². The third-order valence-electron chi connectivity index (χ3n) is 3.99. The standard InChI is InChI=1S/C16H20N2O2/c19-15(10-12-6-8-20-9-7-12)14-11-17-18-16(14)13-4-2-1-3-5-13/h1-5,11-12,15,19H,6-10H2,(H,17,18). The molecular weight excluding hydrogens is 252 g/mol. The van der Waals surface area contributed by atoms with Crippen molar-refractivity contribution in [3.8, 4) is 11.3 Å². The first-order valence-electron chi connectivity index (χ1n) is 7.19. The molecule has 2 N–H and O–H groups in total. The van der Waals surface area contributed by atoms with Gasteiger partial charge in [-0.15, -0.1) is 0 Å². The van der Waals surface area contributed by atoms with E-state index in [4.69, 9.17) is 4.74 Å². The molecule has 2 heterocycles. The number of benzene rings is 1. The van der Waals surface area contributed by atoms with Crippen molar-refractivity contribution in [2.75, 3.05) is 13.2 Å². The van der Waals surface area contributed by atoms with Crippen molar-refractivity contribution in [1.29, 1.82) is 0 Å². The number of aromatic nitrogens is 2. The predicted octanol–water partition coefficient (Wildman–Crippen LogP) is 2.93. The molecule has 20 heavy (non-hydrogen) atoms. The van der Waals surface area contributed by atoms with E-state index in [2.05, 4.69) is 10.2 Å². The van der Waals surface area contributed by atoms with E-state index in [9.17, 15) is 5.11 Å². The van der Waals surface area contributed by atoms with E-state index in [-0.39, 0.29) is 0 Å². The predicted molar refractivity (Wildman–Crippen MR) is 77.1 cm³/mol. The second kappa shape index (κ2) is 6.20. The maximum Gasteiger partial charge on any atom is 0.0829 e. The molecule has 1 aliphatic rings. The van der Waals surface area contributed by atoms with E-state index >= 15 is 0 Å². The molecule has 4 nitrogen and oxygen atoms in total. The minimum atomic E-state index is -0.466. The van der Waals surface area contributed by atoms with Gasteiger partial charge in [-0.1, -0.05) is 30.3 Å². The van der Waals surface area contributed by atoms with E-state index in [1.165, 1.54) is 0 Å². The molecule has 0 spiro atoms. The van der Waals surface area contributed by atoms with Gasteiger partial charge in [0.05, 0.1) is 18.0 Å². The number of nitrogens with one attached hydrogen (secondary N) is 1. The molecule has 1 aliphatic heterocycles. The molecule has 1 fully saturated rings. The van der Waals surface area contributed by atoms with E-state index < -0.39 is 6.10 Å². The summed E-state index contributed by atoms with van der Waals surface area (Å²) >= 11 is 0. The second-order valence-electron chi connectivity index (χ2n) is 5.37. The average Bonchev–Trinajstić information content (AvgIpc) is 2.99. The number of ether oxygens (including phenoxy) is 1. The quantitative estimate of drug-likeness (QED) is 0.899. The number of aromatic amines is 1. The lowest BCUT2D eigenvalue weighted by atomic mass is 9.90. The first kappa shape index (κ1) is 13.3. The molecule has 0 aliphatic carbocycles. The van der Waals surface area contributed by atoms with E-state index in [1.807, 2.05) is 30.3 Å². The van der Waals surface area contributed by atoms with Crippen LogP contribution in [0.15, 0.2) is 36.5 Å².